The molecule has 8 nitrogen and oxygen atoms in total. The largest absolute Gasteiger partial charge is 0.511 e. The van der Waals surface area contributed by atoms with Gasteiger partial charge in [0.15, 0.2) is 5.82 Å². The molecule has 1 fully saturated rings. The van der Waals surface area contributed by atoms with Crippen LogP contribution >= 0.6 is 0 Å². The zero-order chi connectivity index (χ0) is 20.9. The Labute approximate surface area is 165 Å². The van der Waals surface area contributed by atoms with Crippen molar-refractivity contribution in [3.05, 3.63) is 35.7 Å². The molecule has 1 radical (unpaired) electrons. The van der Waals surface area contributed by atoms with E-state index in [4.69, 9.17) is 0 Å². The fourth-order valence-corrected chi connectivity index (χ4v) is 4.26. The number of nitrogens with one attached hydrogen (secondary N) is 1. The number of fused-ring (bicyclic) bond motifs is 1. The Morgan fingerprint density at radius 3 is 2.45 bits per heavy atom. The summed E-state index contributed by atoms with van der Waals surface area (Å²) < 4.78 is 63.4. The summed E-state index contributed by atoms with van der Waals surface area (Å²) in [6.07, 6.45) is 2.49. The van der Waals surface area contributed by atoms with Gasteiger partial charge in [0.25, 0.3) is 7.41 Å². The van der Waals surface area contributed by atoms with Crippen molar-refractivity contribution in [2.45, 2.75) is 37.0 Å². The molecule has 0 unspecified atom stereocenters. The highest BCUT2D eigenvalue weighted by Crippen LogP contribution is 2.45. The van der Waals surface area contributed by atoms with Gasteiger partial charge in [0, 0.05) is 17.6 Å². The van der Waals surface area contributed by atoms with Crippen molar-refractivity contribution < 1.29 is 26.4 Å². The van der Waals surface area contributed by atoms with Crippen molar-refractivity contribution in [1.82, 2.24) is 24.3 Å². The molecule has 1 aromatic carbocycles. The third-order valence-electron chi connectivity index (χ3n) is 5.13. The molecule has 0 bridgehead atoms. The molecule has 2 aliphatic rings. The molecule has 2 aromatic rings. The first-order valence-electron chi connectivity index (χ1n) is 8.82. The van der Waals surface area contributed by atoms with Crippen LogP contribution in [-0.4, -0.2) is 53.1 Å². The molecule has 13 heteroatoms. The van der Waals surface area contributed by atoms with Gasteiger partial charge in [0.05, 0.1) is 19.3 Å². The quantitative estimate of drug-likeness (QED) is 0.547. The highest BCUT2D eigenvalue weighted by Gasteiger charge is 2.50. The van der Waals surface area contributed by atoms with Crippen molar-refractivity contribution in [3.8, 4) is 11.4 Å². The number of alkyl halides is 3. The fourth-order valence-electron chi connectivity index (χ4n) is 3.36. The van der Waals surface area contributed by atoms with Gasteiger partial charge in [-0.2, -0.15) is 22.6 Å². The number of aromatic nitrogens is 3. The second-order valence-corrected chi connectivity index (χ2v) is 8.90. The number of rotatable bonds is 6. The normalized spacial score (nSPS) is 18.9. The lowest BCUT2D eigenvalue weighted by molar-refractivity contribution is -0.0496. The molecule has 1 N–H and O–H groups in total. The van der Waals surface area contributed by atoms with E-state index in [9.17, 15) is 26.4 Å². The van der Waals surface area contributed by atoms with Gasteiger partial charge < -0.3 is 10.0 Å². The van der Waals surface area contributed by atoms with Crippen LogP contribution < -0.4 is 5.23 Å². The molecule has 29 heavy (non-hydrogen) atoms. The minimum Gasteiger partial charge on any atom is -0.345 e. The molecular formula is C16H16BF3N5O3S. The third kappa shape index (κ3) is 3.58. The van der Waals surface area contributed by atoms with E-state index in [1.165, 1.54) is 12.1 Å². The molecule has 1 aromatic heterocycles. The molecule has 153 valence electrons. The number of hydrogen-bond donors (Lipinski definition) is 1. The van der Waals surface area contributed by atoms with Crippen LogP contribution in [0.2, 0.25) is 0 Å². The average Bonchev–Trinajstić information content (AvgIpc) is 3.35. The topological polar surface area (TPSA) is 97.2 Å². The first kappa shape index (κ1) is 20.0. The lowest BCUT2D eigenvalue weighted by atomic mass is 9.92. The maximum atomic E-state index is 12.8. The van der Waals surface area contributed by atoms with Gasteiger partial charge in [-0.15, -0.1) is 0 Å². The lowest BCUT2D eigenvalue weighted by Crippen LogP contribution is -2.44. The number of hydrogen-bond acceptors (Lipinski definition) is 6. The van der Waals surface area contributed by atoms with Crippen LogP contribution in [0, 0.1) is 0 Å². The molecule has 1 aliphatic carbocycles. The van der Waals surface area contributed by atoms with E-state index in [0.717, 1.165) is 18.4 Å². The van der Waals surface area contributed by atoms with Crippen LogP contribution in [-0.2, 0) is 33.4 Å². The second kappa shape index (κ2) is 6.92. The Hall–Kier alpha value is -2.25. The molecular weight excluding hydrogens is 410 g/mol. The molecule has 1 saturated carbocycles. The van der Waals surface area contributed by atoms with E-state index in [0.29, 0.717) is 21.9 Å². The molecule has 0 spiro atoms. The van der Waals surface area contributed by atoms with Gasteiger partial charge in [-0.3, -0.25) is 0 Å². The Kier molecular flexibility index (Phi) is 4.78. The standard InChI is InChI=1S/C16H16BF3N5O3S/c18-16(19,20)29(27,28)24-7-8-25-13(9-24)21-14(22-25)11-1-3-12(4-2-11)15(5-6-15)23-17-10-26/h1-4,10,23H,5-9H2. The smallest absolute Gasteiger partial charge is 0.345 e. The molecule has 0 atom stereocenters. The molecule has 0 saturated heterocycles. The summed E-state index contributed by atoms with van der Waals surface area (Å²) in [7, 11) is -4.04. The van der Waals surface area contributed by atoms with Crippen LogP contribution in [0.15, 0.2) is 24.3 Å². The summed E-state index contributed by atoms with van der Waals surface area (Å²) in [6, 6.07) is 7.36. The predicted molar refractivity (Wildman–Crippen MR) is 97.4 cm³/mol. The molecule has 1 aliphatic heterocycles. The van der Waals surface area contributed by atoms with E-state index in [1.807, 2.05) is 12.1 Å². The Balaban J connectivity index is 1.53. The van der Waals surface area contributed by atoms with Crippen LogP contribution in [0.25, 0.3) is 11.4 Å². The monoisotopic (exact) mass is 426 g/mol. The number of benzene rings is 1. The van der Waals surface area contributed by atoms with Gasteiger partial charge in [-0.25, -0.2) is 18.1 Å². The van der Waals surface area contributed by atoms with Gasteiger partial charge in [-0.1, -0.05) is 24.3 Å². The van der Waals surface area contributed by atoms with Crippen LogP contribution in [0.1, 0.15) is 24.2 Å². The second-order valence-electron chi connectivity index (χ2n) is 6.97. The summed E-state index contributed by atoms with van der Waals surface area (Å²) in [6.45, 7) is -0.816. The first-order chi connectivity index (χ1) is 13.7. The maximum absolute atomic E-state index is 12.8. The SMILES string of the molecule is O=C[B]NC1(c2ccc(-c3nc4n(n3)CCN(S(=O)(=O)C(F)(F)F)C4)cc2)CC1. The maximum Gasteiger partial charge on any atom is 0.511 e. The number of sulfonamides is 1. The van der Waals surface area contributed by atoms with Gasteiger partial charge in [0.1, 0.15) is 5.82 Å². The fraction of sp³-hybridized carbons (Fsp3) is 0.438. The molecule has 0 amide bonds. The highest BCUT2D eigenvalue weighted by molar-refractivity contribution is 7.89. The van der Waals surface area contributed by atoms with Crippen LogP contribution in [0.5, 0.6) is 0 Å². The average molecular weight is 426 g/mol. The highest BCUT2D eigenvalue weighted by atomic mass is 32.2. The summed E-state index contributed by atoms with van der Waals surface area (Å²) in [4.78, 5) is 14.8. The summed E-state index contributed by atoms with van der Waals surface area (Å²) >= 11 is 0. The van der Waals surface area contributed by atoms with Crippen molar-refractivity contribution in [3.63, 3.8) is 0 Å². The predicted octanol–water partition coefficient (Wildman–Crippen LogP) is 0.998. The van der Waals surface area contributed by atoms with Gasteiger partial charge in [0.2, 0.25) is 0 Å². The van der Waals surface area contributed by atoms with Crippen molar-refractivity contribution in [2.75, 3.05) is 6.54 Å². The Bertz CT molecular complexity index is 1040. The number of carbonyl (C=O) groups is 1. The molecule has 2 heterocycles. The Morgan fingerprint density at radius 2 is 1.86 bits per heavy atom. The van der Waals surface area contributed by atoms with Crippen molar-refractivity contribution in [1.29, 1.82) is 0 Å². The summed E-state index contributed by atoms with van der Waals surface area (Å²) in [5, 5.41) is 7.37. The van der Waals surface area contributed by atoms with Gasteiger partial charge >= 0.3 is 15.5 Å². The van der Waals surface area contributed by atoms with Crippen molar-refractivity contribution >= 4 is 23.6 Å². The first-order valence-corrected chi connectivity index (χ1v) is 10.3. The minimum atomic E-state index is -5.40. The van der Waals surface area contributed by atoms with Crippen LogP contribution in [0.3, 0.4) is 0 Å². The van der Waals surface area contributed by atoms with E-state index < -0.39 is 22.1 Å². The number of carbonyl (C=O) groups excluding carboxylic acids is 1. The van der Waals surface area contributed by atoms with Crippen LogP contribution in [0.4, 0.5) is 13.2 Å². The van der Waals surface area contributed by atoms with Gasteiger partial charge in [-0.05, 0) is 18.4 Å². The van der Waals surface area contributed by atoms with E-state index in [-0.39, 0.29) is 24.5 Å². The summed E-state index contributed by atoms with van der Waals surface area (Å²) in [5.41, 5.74) is -3.92. The number of nitrogens with zero attached hydrogens (tertiary/aromatic N) is 4. The number of halogens is 3. The van der Waals surface area contributed by atoms with Crippen molar-refractivity contribution in [2.24, 2.45) is 0 Å². The zero-order valence-electron chi connectivity index (χ0n) is 15.1. The summed E-state index contributed by atoms with van der Waals surface area (Å²) in [5.74, 6) is 0.471. The minimum absolute atomic E-state index is 0.00963. The lowest BCUT2D eigenvalue weighted by Gasteiger charge is -2.26. The zero-order valence-corrected chi connectivity index (χ0v) is 15.9. The molecule has 4 rings (SSSR count). The van der Waals surface area contributed by atoms with E-state index in [1.54, 1.807) is 12.1 Å². The van der Waals surface area contributed by atoms with E-state index in [2.05, 4.69) is 15.3 Å². The van der Waals surface area contributed by atoms with E-state index >= 15 is 0 Å². The third-order valence-corrected chi connectivity index (χ3v) is 6.71. The Morgan fingerprint density at radius 1 is 1.17 bits per heavy atom.